The number of rotatable bonds is 5. The molecule has 0 aromatic carbocycles. The van der Waals surface area contributed by atoms with Crippen LogP contribution in [-0.2, 0) is 4.79 Å². The van der Waals surface area contributed by atoms with Gasteiger partial charge in [0.2, 0.25) is 0 Å². The van der Waals surface area contributed by atoms with E-state index in [2.05, 4.69) is 13.0 Å². The SMILES string of the molecule is CCCCCC1(C#N)CCC(C=O)CC1. The first kappa shape index (κ1) is 12.2. The third kappa shape index (κ3) is 3.34. The summed E-state index contributed by atoms with van der Waals surface area (Å²) < 4.78 is 0. The average molecular weight is 207 g/mol. The van der Waals surface area contributed by atoms with Crippen molar-refractivity contribution in [2.75, 3.05) is 0 Å². The molecule has 1 fully saturated rings. The summed E-state index contributed by atoms with van der Waals surface area (Å²) in [5, 5.41) is 9.26. The lowest BCUT2D eigenvalue weighted by molar-refractivity contribution is -0.112. The molecule has 0 aromatic rings. The van der Waals surface area contributed by atoms with E-state index in [-0.39, 0.29) is 11.3 Å². The van der Waals surface area contributed by atoms with Gasteiger partial charge < -0.3 is 4.79 Å². The average Bonchev–Trinajstić information content (AvgIpc) is 2.30. The molecule has 0 aromatic heterocycles. The zero-order chi connectivity index (χ0) is 11.1. The second kappa shape index (κ2) is 5.90. The number of unbranched alkanes of at least 4 members (excludes halogenated alkanes) is 2. The van der Waals surface area contributed by atoms with Gasteiger partial charge in [-0.25, -0.2) is 0 Å². The number of carbonyl (C=O) groups is 1. The highest BCUT2D eigenvalue weighted by atomic mass is 16.1. The highest BCUT2D eigenvalue weighted by molar-refractivity contribution is 5.53. The fourth-order valence-electron chi connectivity index (χ4n) is 2.46. The van der Waals surface area contributed by atoms with E-state index in [0.29, 0.717) is 0 Å². The highest BCUT2D eigenvalue weighted by Gasteiger charge is 2.34. The van der Waals surface area contributed by atoms with Crippen molar-refractivity contribution in [2.45, 2.75) is 58.3 Å². The van der Waals surface area contributed by atoms with Crippen LogP contribution in [0, 0.1) is 22.7 Å². The molecule has 1 aliphatic carbocycles. The summed E-state index contributed by atoms with van der Waals surface area (Å²) >= 11 is 0. The van der Waals surface area contributed by atoms with Gasteiger partial charge in [0, 0.05) is 5.92 Å². The summed E-state index contributed by atoms with van der Waals surface area (Å²) in [6.07, 6.45) is 9.38. The van der Waals surface area contributed by atoms with Crippen LogP contribution >= 0.6 is 0 Å². The largest absolute Gasteiger partial charge is 0.303 e. The zero-order valence-corrected chi connectivity index (χ0v) is 9.67. The van der Waals surface area contributed by atoms with Crippen LogP contribution < -0.4 is 0 Å². The van der Waals surface area contributed by atoms with Crippen LogP contribution in [0.5, 0.6) is 0 Å². The van der Waals surface area contributed by atoms with E-state index in [0.717, 1.165) is 44.8 Å². The second-order valence-corrected chi connectivity index (χ2v) is 4.82. The molecular formula is C13H21NO. The molecule has 0 spiro atoms. The Morgan fingerprint density at radius 2 is 2.07 bits per heavy atom. The summed E-state index contributed by atoms with van der Waals surface area (Å²) in [7, 11) is 0. The van der Waals surface area contributed by atoms with Crippen molar-refractivity contribution in [2.24, 2.45) is 11.3 Å². The Morgan fingerprint density at radius 1 is 1.40 bits per heavy atom. The molecule has 84 valence electrons. The number of carbonyl (C=O) groups excluding carboxylic acids is 1. The molecule has 2 heteroatoms. The summed E-state index contributed by atoms with van der Waals surface area (Å²) in [6.45, 7) is 2.18. The van der Waals surface area contributed by atoms with E-state index in [1.165, 1.54) is 12.8 Å². The molecule has 0 radical (unpaired) electrons. The van der Waals surface area contributed by atoms with Gasteiger partial charge in [-0.2, -0.15) is 5.26 Å². The smallest absolute Gasteiger partial charge is 0.123 e. The summed E-state index contributed by atoms with van der Waals surface area (Å²) in [5.41, 5.74) is -0.102. The van der Waals surface area contributed by atoms with Gasteiger partial charge in [-0.3, -0.25) is 0 Å². The fraction of sp³-hybridized carbons (Fsp3) is 0.846. The molecule has 15 heavy (non-hydrogen) atoms. The van der Waals surface area contributed by atoms with Gasteiger partial charge in [-0.05, 0) is 32.1 Å². The van der Waals surface area contributed by atoms with Crippen LogP contribution in [0.2, 0.25) is 0 Å². The number of aldehydes is 1. The standard InChI is InChI=1S/C13H21NO/c1-2-3-4-7-13(11-14)8-5-12(10-15)6-9-13/h10,12H,2-9H2,1H3. The number of hydrogen-bond acceptors (Lipinski definition) is 2. The van der Waals surface area contributed by atoms with Crippen LogP contribution in [0.15, 0.2) is 0 Å². The Hall–Kier alpha value is -0.840. The molecule has 0 amide bonds. The van der Waals surface area contributed by atoms with E-state index in [1.807, 2.05) is 0 Å². The molecule has 0 heterocycles. The molecule has 1 saturated carbocycles. The first-order valence-electron chi connectivity index (χ1n) is 6.13. The van der Waals surface area contributed by atoms with Crippen molar-refractivity contribution in [1.29, 1.82) is 5.26 Å². The summed E-state index contributed by atoms with van der Waals surface area (Å²) in [6, 6.07) is 2.51. The van der Waals surface area contributed by atoms with Gasteiger partial charge in [0.05, 0.1) is 11.5 Å². The first-order valence-corrected chi connectivity index (χ1v) is 6.13. The normalized spacial score (nSPS) is 30.8. The van der Waals surface area contributed by atoms with Crippen LogP contribution in [0.3, 0.4) is 0 Å². The molecule has 2 nitrogen and oxygen atoms in total. The lowest BCUT2D eigenvalue weighted by Gasteiger charge is -2.33. The van der Waals surface area contributed by atoms with Crippen LogP contribution in [0.4, 0.5) is 0 Å². The third-order valence-electron chi connectivity index (χ3n) is 3.68. The van der Waals surface area contributed by atoms with Crippen LogP contribution in [-0.4, -0.2) is 6.29 Å². The van der Waals surface area contributed by atoms with E-state index in [9.17, 15) is 10.1 Å². The molecule has 0 N–H and O–H groups in total. The van der Waals surface area contributed by atoms with E-state index in [4.69, 9.17) is 0 Å². The van der Waals surface area contributed by atoms with Crippen molar-refractivity contribution in [3.05, 3.63) is 0 Å². The Kier molecular flexibility index (Phi) is 4.81. The molecule has 0 unspecified atom stereocenters. The molecular weight excluding hydrogens is 186 g/mol. The van der Waals surface area contributed by atoms with Crippen LogP contribution in [0.1, 0.15) is 58.3 Å². The first-order chi connectivity index (χ1) is 7.26. The van der Waals surface area contributed by atoms with Gasteiger partial charge in [-0.15, -0.1) is 0 Å². The van der Waals surface area contributed by atoms with Crippen molar-refractivity contribution >= 4 is 6.29 Å². The lowest BCUT2D eigenvalue weighted by atomic mass is 9.69. The fourth-order valence-corrected chi connectivity index (χ4v) is 2.46. The second-order valence-electron chi connectivity index (χ2n) is 4.82. The van der Waals surface area contributed by atoms with Crippen molar-refractivity contribution in [3.8, 4) is 6.07 Å². The van der Waals surface area contributed by atoms with Gasteiger partial charge in [0.1, 0.15) is 6.29 Å². The third-order valence-corrected chi connectivity index (χ3v) is 3.68. The minimum Gasteiger partial charge on any atom is -0.303 e. The van der Waals surface area contributed by atoms with E-state index < -0.39 is 0 Å². The van der Waals surface area contributed by atoms with E-state index >= 15 is 0 Å². The summed E-state index contributed by atoms with van der Waals surface area (Å²) in [5.74, 6) is 0.220. The number of hydrogen-bond donors (Lipinski definition) is 0. The van der Waals surface area contributed by atoms with Crippen LogP contribution in [0.25, 0.3) is 0 Å². The predicted molar refractivity (Wildman–Crippen MR) is 60.2 cm³/mol. The van der Waals surface area contributed by atoms with Crippen molar-refractivity contribution < 1.29 is 4.79 Å². The van der Waals surface area contributed by atoms with Gasteiger partial charge in [-0.1, -0.05) is 26.2 Å². The van der Waals surface area contributed by atoms with Gasteiger partial charge >= 0.3 is 0 Å². The van der Waals surface area contributed by atoms with Crippen molar-refractivity contribution in [1.82, 2.24) is 0 Å². The molecule has 0 saturated heterocycles. The number of nitriles is 1. The Balaban J connectivity index is 2.42. The number of nitrogens with zero attached hydrogens (tertiary/aromatic N) is 1. The molecule has 0 atom stereocenters. The quantitative estimate of drug-likeness (QED) is 0.511. The highest BCUT2D eigenvalue weighted by Crippen LogP contribution is 2.41. The predicted octanol–water partition coefficient (Wildman–Crippen LogP) is 3.47. The Bertz CT molecular complexity index is 233. The molecule has 0 aliphatic heterocycles. The van der Waals surface area contributed by atoms with Gasteiger partial charge in [0.15, 0.2) is 0 Å². The maximum atomic E-state index is 10.6. The van der Waals surface area contributed by atoms with Crippen molar-refractivity contribution in [3.63, 3.8) is 0 Å². The molecule has 1 rings (SSSR count). The maximum Gasteiger partial charge on any atom is 0.123 e. The monoisotopic (exact) mass is 207 g/mol. The van der Waals surface area contributed by atoms with Gasteiger partial charge in [0.25, 0.3) is 0 Å². The summed E-state index contributed by atoms with van der Waals surface area (Å²) in [4.78, 5) is 10.6. The minimum absolute atomic E-state index is 0.102. The van der Waals surface area contributed by atoms with E-state index in [1.54, 1.807) is 0 Å². The topological polar surface area (TPSA) is 40.9 Å². The maximum absolute atomic E-state index is 10.6. The molecule has 1 aliphatic rings. The Labute approximate surface area is 92.7 Å². The minimum atomic E-state index is -0.102. The zero-order valence-electron chi connectivity index (χ0n) is 9.67. The molecule has 0 bridgehead atoms. The lowest BCUT2D eigenvalue weighted by Crippen LogP contribution is -2.26. The Morgan fingerprint density at radius 3 is 2.53 bits per heavy atom.